The molecule has 4 N–H and O–H groups in total. The third-order valence-electron chi connectivity index (χ3n) is 2.14. The Kier molecular flexibility index (Phi) is 19.9. The molecule has 23 heavy (non-hydrogen) atoms. The second-order valence-electron chi connectivity index (χ2n) is 4.23. The van der Waals surface area contributed by atoms with E-state index in [1.165, 1.54) is 0 Å². The molecule has 0 amide bonds. The van der Waals surface area contributed by atoms with E-state index in [2.05, 4.69) is 9.97 Å². The van der Waals surface area contributed by atoms with Crippen LogP contribution in [0.4, 0.5) is 0 Å². The number of aryl methyl sites for hydroxylation is 1. The van der Waals surface area contributed by atoms with Crippen molar-refractivity contribution < 1.29 is 46.2 Å². The van der Waals surface area contributed by atoms with Crippen LogP contribution in [0.2, 0.25) is 0 Å². The van der Waals surface area contributed by atoms with Crippen LogP contribution in [-0.2, 0) is 42.6 Å². The molecule has 1 heterocycles. The number of halogens is 1. The first-order chi connectivity index (χ1) is 8.90. The Morgan fingerprint density at radius 2 is 1.61 bits per heavy atom. The molecule has 7 nitrogen and oxygen atoms in total. The predicted molar refractivity (Wildman–Crippen MR) is 93.5 cm³/mol. The fourth-order valence-electron chi connectivity index (χ4n) is 1.39. The summed E-state index contributed by atoms with van der Waals surface area (Å²) in [5.74, 6) is 1.37. The van der Waals surface area contributed by atoms with Crippen LogP contribution < -0.4 is 4.52 Å². The van der Waals surface area contributed by atoms with E-state index in [0.717, 1.165) is 11.5 Å². The van der Waals surface area contributed by atoms with E-state index in [4.69, 9.17) is 25.4 Å². The minimum atomic E-state index is -2.77. The van der Waals surface area contributed by atoms with Crippen LogP contribution in [0, 0.1) is 6.92 Å². The van der Waals surface area contributed by atoms with E-state index in [1.807, 2.05) is 34.6 Å². The van der Waals surface area contributed by atoms with Gasteiger partial charge in [-0.05, 0) is 20.8 Å². The van der Waals surface area contributed by atoms with Gasteiger partial charge in [-0.2, -0.15) is 4.98 Å². The van der Waals surface area contributed by atoms with Crippen molar-refractivity contribution in [1.82, 2.24) is 9.97 Å². The molecular formula is C12H26ClN2O5PSTi. The SMILES string of the molecule is CCOP(=S)(OCC)Oc1cc(C)nc(C(C)C)n1.Cl.O.O.[Ti]. The fourth-order valence-corrected chi connectivity index (χ4v) is 3.38. The average Bonchev–Trinajstić information content (AvgIpc) is 2.28. The van der Waals surface area contributed by atoms with E-state index in [0.29, 0.717) is 19.1 Å². The molecule has 136 valence electrons. The summed E-state index contributed by atoms with van der Waals surface area (Å²) in [6, 6.07) is 1.74. The van der Waals surface area contributed by atoms with Gasteiger partial charge in [-0.3, -0.25) is 9.05 Å². The number of rotatable bonds is 7. The average molecular weight is 425 g/mol. The van der Waals surface area contributed by atoms with Gasteiger partial charge in [0.05, 0.1) is 13.2 Å². The van der Waals surface area contributed by atoms with E-state index in [9.17, 15) is 0 Å². The van der Waals surface area contributed by atoms with Crippen molar-refractivity contribution in [2.45, 2.75) is 40.5 Å². The molecule has 0 saturated carbocycles. The second-order valence-corrected chi connectivity index (χ2v) is 7.17. The Labute approximate surface area is 164 Å². The molecule has 1 rings (SSSR count). The van der Waals surface area contributed by atoms with E-state index >= 15 is 0 Å². The maximum atomic E-state index is 5.68. The molecule has 0 spiro atoms. The Morgan fingerprint density at radius 1 is 1.13 bits per heavy atom. The summed E-state index contributed by atoms with van der Waals surface area (Å²) in [6.45, 7) is 7.78. The predicted octanol–water partition coefficient (Wildman–Crippen LogP) is 2.35. The van der Waals surface area contributed by atoms with Crippen LogP contribution in [-0.4, -0.2) is 34.1 Å². The standard InChI is InChI=1S/C12H21N2O3PS.ClH.2H2O.Ti/c1-6-15-18(19,16-7-2)17-11-8-10(5)13-12(14-11)9(3)4;;;;/h8-9H,6-7H2,1-5H3;1H;2*1H2;. The van der Waals surface area contributed by atoms with Crippen LogP contribution >= 0.6 is 19.1 Å². The molecule has 0 aliphatic heterocycles. The molecule has 0 unspecified atom stereocenters. The third-order valence-corrected chi connectivity index (χ3v) is 4.56. The summed E-state index contributed by atoms with van der Waals surface area (Å²) in [7, 11) is 0. The first kappa shape index (κ1) is 31.2. The van der Waals surface area contributed by atoms with E-state index < -0.39 is 6.72 Å². The van der Waals surface area contributed by atoms with Crippen molar-refractivity contribution in [2.75, 3.05) is 13.2 Å². The number of nitrogens with zero attached hydrogens (tertiary/aromatic N) is 2. The molecule has 1 aromatic heterocycles. The van der Waals surface area contributed by atoms with Gasteiger partial charge in [0.1, 0.15) is 5.82 Å². The van der Waals surface area contributed by atoms with E-state index in [1.54, 1.807) is 6.07 Å². The van der Waals surface area contributed by atoms with Gasteiger partial charge in [0.25, 0.3) is 0 Å². The van der Waals surface area contributed by atoms with Crippen LogP contribution in [0.15, 0.2) is 6.07 Å². The third kappa shape index (κ3) is 10.8. The molecule has 0 aromatic carbocycles. The van der Waals surface area contributed by atoms with Crippen LogP contribution in [0.5, 0.6) is 5.88 Å². The van der Waals surface area contributed by atoms with Gasteiger partial charge < -0.3 is 15.5 Å². The van der Waals surface area contributed by atoms with Crippen molar-refractivity contribution in [2.24, 2.45) is 0 Å². The van der Waals surface area contributed by atoms with Gasteiger partial charge in [-0.25, -0.2) is 4.98 Å². The summed E-state index contributed by atoms with van der Waals surface area (Å²) < 4.78 is 16.6. The van der Waals surface area contributed by atoms with Gasteiger partial charge in [0.15, 0.2) is 0 Å². The molecule has 0 saturated heterocycles. The zero-order chi connectivity index (χ0) is 14.5. The van der Waals surface area contributed by atoms with Gasteiger partial charge in [0, 0.05) is 51.2 Å². The van der Waals surface area contributed by atoms with Crippen molar-refractivity contribution in [1.29, 1.82) is 0 Å². The largest absolute Gasteiger partial charge is 0.412 e. The quantitative estimate of drug-likeness (QED) is 0.490. The maximum absolute atomic E-state index is 5.68. The molecule has 0 aliphatic rings. The summed E-state index contributed by atoms with van der Waals surface area (Å²) in [4.78, 5) is 8.71. The first-order valence-electron chi connectivity index (χ1n) is 6.34. The zero-order valence-corrected chi connectivity index (χ0v) is 18.0. The number of hydrogen-bond donors (Lipinski definition) is 0. The molecule has 11 heteroatoms. The number of hydrogen-bond acceptors (Lipinski definition) is 6. The molecular weight excluding hydrogens is 399 g/mol. The van der Waals surface area contributed by atoms with Crippen molar-refractivity contribution in [3.8, 4) is 5.88 Å². The molecule has 1 aromatic rings. The van der Waals surface area contributed by atoms with E-state index in [-0.39, 0.29) is 51.0 Å². The molecule has 0 fully saturated rings. The molecule has 0 bridgehead atoms. The molecule has 0 atom stereocenters. The topological polar surface area (TPSA) is 116 Å². The first-order valence-corrected chi connectivity index (χ1v) is 8.90. The summed E-state index contributed by atoms with van der Waals surface area (Å²) in [6.07, 6.45) is 0. The Bertz CT molecular complexity index is 475. The zero-order valence-electron chi connectivity index (χ0n) is 14.0. The normalized spacial score (nSPS) is 9.83. The fraction of sp³-hybridized carbons (Fsp3) is 0.667. The van der Waals surface area contributed by atoms with Gasteiger partial charge in [-0.1, -0.05) is 13.8 Å². The van der Waals surface area contributed by atoms with Crippen LogP contribution in [0.25, 0.3) is 0 Å². The van der Waals surface area contributed by atoms with Crippen molar-refractivity contribution in [3.63, 3.8) is 0 Å². The van der Waals surface area contributed by atoms with Gasteiger partial charge in [0.2, 0.25) is 5.88 Å². The van der Waals surface area contributed by atoms with Crippen LogP contribution in [0.3, 0.4) is 0 Å². The smallest absolute Gasteiger partial charge is 0.381 e. The minimum Gasteiger partial charge on any atom is -0.412 e. The van der Waals surface area contributed by atoms with Crippen LogP contribution in [0.1, 0.15) is 45.1 Å². The minimum absolute atomic E-state index is 0. The summed E-state index contributed by atoms with van der Waals surface area (Å²) >= 11 is 5.32. The monoisotopic (exact) mass is 424 g/mol. The van der Waals surface area contributed by atoms with Gasteiger partial charge >= 0.3 is 6.72 Å². The second kappa shape index (κ2) is 14.7. The molecule has 0 radical (unpaired) electrons. The Hall–Kier alpha value is 0.374. The Morgan fingerprint density at radius 3 is 2.00 bits per heavy atom. The van der Waals surface area contributed by atoms with Crippen molar-refractivity contribution >= 4 is 30.9 Å². The number of aromatic nitrogens is 2. The Balaban J connectivity index is -0.000000451. The van der Waals surface area contributed by atoms with Gasteiger partial charge in [-0.15, -0.1) is 12.4 Å². The van der Waals surface area contributed by atoms with Crippen molar-refractivity contribution in [3.05, 3.63) is 17.6 Å². The summed E-state index contributed by atoms with van der Waals surface area (Å²) in [5.41, 5.74) is 0.836. The summed E-state index contributed by atoms with van der Waals surface area (Å²) in [5, 5.41) is 0. The maximum Gasteiger partial charge on any atom is 0.381 e. The molecule has 0 aliphatic carbocycles.